The molecule has 0 saturated heterocycles. The van der Waals surface area contributed by atoms with E-state index in [1.54, 1.807) is 43.0 Å². The number of benzene rings is 1. The summed E-state index contributed by atoms with van der Waals surface area (Å²) in [5.41, 5.74) is 2.43. The van der Waals surface area contributed by atoms with Crippen molar-refractivity contribution in [1.82, 2.24) is 20.2 Å². The average Bonchev–Trinajstić information content (AvgIpc) is 3.07. The van der Waals surface area contributed by atoms with Gasteiger partial charge in [-0.1, -0.05) is 6.07 Å². The summed E-state index contributed by atoms with van der Waals surface area (Å²) >= 11 is 0. The van der Waals surface area contributed by atoms with Gasteiger partial charge in [0.15, 0.2) is 0 Å². The molecule has 106 valence electrons. The van der Waals surface area contributed by atoms with E-state index in [-0.39, 0.29) is 5.56 Å². The number of carboxylic acids is 1. The molecule has 0 fully saturated rings. The first-order valence-electron chi connectivity index (χ1n) is 6.64. The van der Waals surface area contributed by atoms with Gasteiger partial charge >= 0.3 is 5.97 Å². The van der Waals surface area contributed by atoms with Crippen molar-refractivity contribution in [2.24, 2.45) is 0 Å². The fourth-order valence-corrected chi connectivity index (χ4v) is 2.58. The molecular weight excluding hydrogens is 280 g/mol. The van der Waals surface area contributed by atoms with Crippen LogP contribution in [-0.2, 0) is 0 Å². The van der Waals surface area contributed by atoms with Gasteiger partial charge in [0, 0.05) is 40.3 Å². The lowest BCUT2D eigenvalue weighted by molar-refractivity contribution is 0.0697. The van der Waals surface area contributed by atoms with Crippen molar-refractivity contribution in [3.8, 4) is 11.3 Å². The van der Waals surface area contributed by atoms with Crippen molar-refractivity contribution in [1.29, 1.82) is 0 Å². The van der Waals surface area contributed by atoms with Gasteiger partial charge in [0.25, 0.3) is 0 Å². The SMILES string of the molecule is O=C(O)c1ccc2c(c1)nc(-c1cn[nH]c1)c1ccncc12. The Morgan fingerprint density at radius 3 is 2.77 bits per heavy atom. The number of fused-ring (bicyclic) bond motifs is 3. The molecular formula is C16H10N4O2. The third-order valence-electron chi connectivity index (χ3n) is 3.61. The topological polar surface area (TPSA) is 91.8 Å². The summed E-state index contributed by atoms with van der Waals surface area (Å²) in [6.07, 6.45) is 6.93. The molecule has 4 rings (SSSR count). The fraction of sp³-hybridized carbons (Fsp3) is 0. The third kappa shape index (κ3) is 1.81. The Morgan fingerprint density at radius 2 is 2.00 bits per heavy atom. The van der Waals surface area contributed by atoms with E-state index in [9.17, 15) is 4.79 Å². The Morgan fingerprint density at radius 1 is 1.09 bits per heavy atom. The summed E-state index contributed by atoms with van der Waals surface area (Å²) in [7, 11) is 0. The van der Waals surface area contributed by atoms with E-state index in [1.807, 2.05) is 6.07 Å². The van der Waals surface area contributed by atoms with Gasteiger partial charge < -0.3 is 5.11 Å². The van der Waals surface area contributed by atoms with Crippen LogP contribution in [0.5, 0.6) is 0 Å². The molecule has 0 spiro atoms. The molecule has 3 heterocycles. The van der Waals surface area contributed by atoms with Crippen LogP contribution in [0.4, 0.5) is 0 Å². The number of nitrogens with one attached hydrogen (secondary N) is 1. The largest absolute Gasteiger partial charge is 0.478 e. The maximum atomic E-state index is 11.2. The van der Waals surface area contributed by atoms with Crippen molar-refractivity contribution >= 4 is 27.6 Å². The smallest absolute Gasteiger partial charge is 0.335 e. The first kappa shape index (κ1) is 12.5. The van der Waals surface area contributed by atoms with E-state index in [0.717, 1.165) is 27.4 Å². The molecule has 0 amide bonds. The highest BCUT2D eigenvalue weighted by Gasteiger charge is 2.12. The normalized spacial score (nSPS) is 11.1. The monoisotopic (exact) mass is 290 g/mol. The number of aromatic amines is 1. The predicted octanol–water partition coefficient (Wildman–Crippen LogP) is 2.87. The zero-order valence-electron chi connectivity index (χ0n) is 11.3. The number of nitrogens with zero attached hydrogens (tertiary/aromatic N) is 3. The molecule has 22 heavy (non-hydrogen) atoms. The summed E-state index contributed by atoms with van der Waals surface area (Å²) in [6.45, 7) is 0. The van der Waals surface area contributed by atoms with E-state index in [1.165, 1.54) is 0 Å². The van der Waals surface area contributed by atoms with Crippen LogP contribution in [0.3, 0.4) is 0 Å². The third-order valence-corrected chi connectivity index (χ3v) is 3.61. The lowest BCUT2D eigenvalue weighted by atomic mass is 10.0. The standard InChI is InChI=1S/C16H10N4O2/c21-16(22)9-1-2-11-13-8-17-4-3-12(13)15(20-14(11)5-9)10-6-18-19-7-10/h1-8H,(H,18,19)(H,21,22). The number of aromatic carboxylic acids is 1. The van der Waals surface area contributed by atoms with E-state index in [4.69, 9.17) is 5.11 Å². The highest BCUT2D eigenvalue weighted by Crippen LogP contribution is 2.31. The van der Waals surface area contributed by atoms with Crippen molar-refractivity contribution in [3.63, 3.8) is 0 Å². The molecule has 2 N–H and O–H groups in total. The van der Waals surface area contributed by atoms with Crippen LogP contribution in [-0.4, -0.2) is 31.2 Å². The first-order valence-corrected chi connectivity index (χ1v) is 6.64. The summed E-state index contributed by atoms with van der Waals surface area (Å²) in [5, 5.41) is 18.6. The number of carbonyl (C=O) groups is 1. The van der Waals surface area contributed by atoms with Crippen LogP contribution in [0, 0.1) is 0 Å². The zero-order chi connectivity index (χ0) is 15.1. The fourth-order valence-electron chi connectivity index (χ4n) is 2.58. The molecule has 6 nitrogen and oxygen atoms in total. The average molecular weight is 290 g/mol. The number of H-pyrrole nitrogens is 1. The van der Waals surface area contributed by atoms with Crippen molar-refractivity contribution in [3.05, 3.63) is 54.6 Å². The molecule has 0 aliphatic rings. The Kier molecular flexibility index (Phi) is 2.62. The second kappa shape index (κ2) is 4.63. The van der Waals surface area contributed by atoms with Gasteiger partial charge in [-0.15, -0.1) is 0 Å². The highest BCUT2D eigenvalue weighted by atomic mass is 16.4. The summed E-state index contributed by atoms with van der Waals surface area (Å²) in [6, 6.07) is 6.83. The Bertz CT molecular complexity index is 1010. The molecule has 0 unspecified atom stereocenters. The number of hydrogen-bond acceptors (Lipinski definition) is 4. The van der Waals surface area contributed by atoms with Crippen molar-refractivity contribution in [2.45, 2.75) is 0 Å². The van der Waals surface area contributed by atoms with Gasteiger partial charge in [-0.25, -0.2) is 9.78 Å². The molecule has 4 aromatic rings. The Labute approximate surface area is 124 Å². The van der Waals surface area contributed by atoms with E-state index >= 15 is 0 Å². The minimum absolute atomic E-state index is 0.210. The Balaban J connectivity index is 2.15. The van der Waals surface area contributed by atoms with Crippen LogP contribution in [0.15, 0.2) is 49.1 Å². The lowest BCUT2D eigenvalue weighted by Crippen LogP contribution is -1.97. The number of aromatic nitrogens is 4. The van der Waals surface area contributed by atoms with Crippen LogP contribution in [0.2, 0.25) is 0 Å². The van der Waals surface area contributed by atoms with Crippen molar-refractivity contribution in [2.75, 3.05) is 0 Å². The molecule has 0 saturated carbocycles. The van der Waals surface area contributed by atoms with Crippen LogP contribution < -0.4 is 0 Å². The number of carboxylic acid groups (broad SMARTS) is 1. The number of pyridine rings is 2. The van der Waals surface area contributed by atoms with E-state index < -0.39 is 5.97 Å². The maximum absolute atomic E-state index is 11.2. The minimum atomic E-state index is -0.972. The summed E-state index contributed by atoms with van der Waals surface area (Å²) in [5.74, 6) is -0.972. The molecule has 1 aromatic carbocycles. The van der Waals surface area contributed by atoms with Gasteiger partial charge in [-0.2, -0.15) is 5.10 Å². The molecule has 6 heteroatoms. The van der Waals surface area contributed by atoms with Crippen LogP contribution in [0.25, 0.3) is 32.9 Å². The van der Waals surface area contributed by atoms with Gasteiger partial charge in [0.2, 0.25) is 0 Å². The summed E-state index contributed by atoms with van der Waals surface area (Å²) < 4.78 is 0. The Hall–Kier alpha value is -3.28. The van der Waals surface area contributed by atoms with Gasteiger partial charge in [0.1, 0.15) is 0 Å². The maximum Gasteiger partial charge on any atom is 0.335 e. The predicted molar refractivity (Wildman–Crippen MR) is 81.6 cm³/mol. The minimum Gasteiger partial charge on any atom is -0.478 e. The van der Waals surface area contributed by atoms with Crippen LogP contribution >= 0.6 is 0 Å². The van der Waals surface area contributed by atoms with E-state index in [0.29, 0.717) is 5.52 Å². The van der Waals surface area contributed by atoms with Gasteiger partial charge in [-0.3, -0.25) is 10.1 Å². The molecule has 0 aliphatic heterocycles. The van der Waals surface area contributed by atoms with Crippen molar-refractivity contribution < 1.29 is 9.90 Å². The first-order chi connectivity index (χ1) is 10.7. The second-order valence-corrected chi connectivity index (χ2v) is 4.91. The highest BCUT2D eigenvalue weighted by molar-refractivity contribution is 6.11. The molecule has 0 radical (unpaired) electrons. The molecule has 3 aromatic heterocycles. The number of rotatable bonds is 2. The lowest BCUT2D eigenvalue weighted by Gasteiger charge is -2.08. The van der Waals surface area contributed by atoms with Gasteiger partial charge in [0.05, 0.1) is 23.0 Å². The number of hydrogen-bond donors (Lipinski definition) is 2. The van der Waals surface area contributed by atoms with Gasteiger partial charge in [-0.05, 0) is 18.2 Å². The molecule has 0 bridgehead atoms. The van der Waals surface area contributed by atoms with Crippen LogP contribution in [0.1, 0.15) is 10.4 Å². The zero-order valence-corrected chi connectivity index (χ0v) is 11.3. The summed E-state index contributed by atoms with van der Waals surface area (Å²) in [4.78, 5) is 20.0. The molecule has 0 atom stereocenters. The quantitative estimate of drug-likeness (QED) is 0.554. The second-order valence-electron chi connectivity index (χ2n) is 4.91. The van der Waals surface area contributed by atoms with E-state index in [2.05, 4.69) is 20.2 Å². The molecule has 0 aliphatic carbocycles.